The minimum absolute atomic E-state index is 0.0608. The Morgan fingerprint density at radius 2 is 1.86 bits per heavy atom. The molecule has 2 aromatic rings. The fourth-order valence-electron chi connectivity index (χ4n) is 4.91. The summed E-state index contributed by atoms with van der Waals surface area (Å²) in [6.07, 6.45) is 1.16. The second-order valence-corrected chi connectivity index (χ2v) is 11.7. The van der Waals surface area contributed by atoms with Gasteiger partial charge in [0.05, 0.1) is 32.1 Å². The average molecular weight is 612 g/mol. The predicted molar refractivity (Wildman–Crippen MR) is 168 cm³/mol. The highest BCUT2D eigenvalue weighted by Crippen LogP contribution is 2.40. The minimum atomic E-state index is -0.838. The second kappa shape index (κ2) is 15.0. The van der Waals surface area contributed by atoms with E-state index in [9.17, 15) is 14.4 Å². The van der Waals surface area contributed by atoms with Crippen LogP contribution in [0.5, 0.6) is 11.5 Å². The van der Waals surface area contributed by atoms with Crippen molar-refractivity contribution in [2.24, 2.45) is 0 Å². The Balaban J connectivity index is 1.94. The number of nitrogens with zero attached hydrogens (tertiary/aromatic N) is 3. The molecular weight excluding hydrogens is 566 g/mol. The van der Waals surface area contributed by atoms with Crippen LogP contribution in [0.15, 0.2) is 18.2 Å². The Morgan fingerprint density at radius 1 is 1.14 bits per heavy atom. The highest BCUT2D eigenvalue weighted by atomic mass is 16.5. The molecular formula is C32H45N5O7. The van der Waals surface area contributed by atoms with Gasteiger partial charge in [-0.15, -0.1) is 0 Å². The quantitative estimate of drug-likeness (QED) is 0.188. The van der Waals surface area contributed by atoms with Crippen molar-refractivity contribution in [2.75, 3.05) is 59.0 Å². The maximum Gasteiger partial charge on any atom is 0.303 e. The number of hydrogen-bond acceptors (Lipinski definition) is 9. The number of Topliss-reactive ketones (excluding diaryl/α,β-unsaturated/α-hetero) is 1. The molecule has 0 radical (unpaired) electrons. The molecule has 1 aliphatic heterocycles. The van der Waals surface area contributed by atoms with Gasteiger partial charge in [-0.2, -0.15) is 0 Å². The Hall–Kier alpha value is -4.19. The largest absolute Gasteiger partial charge is 0.491 e. The van der Waals surface area contributed by atoms with Crippen LogP contribution in [0, 0.1) is 5.41 Å². The fourth-order valence-corrected chi connectivity index (χ4v) is 4.91. The number of pyridine rings is 1. The number of benzene rings is 1. The summed E-state index contributed by atoms with van der Waals surface area (Å²) in [6, 6.07) is 5.38. The molecule has 1 amide bonds. The molecule has 0 unspecified atom stereocenters. The van der Waals surface area contributed by atoms with Crippen LogP contribution in [-0.2, 0) is 21.5 Å². The summed E-state index contributed by atoms with van der Waals surface area (Å²) in [5.74, 6) is -0.379. The number of anilines is 1. The number of amidine groups is 1. The number of likely N-dealkylation sites (N-methyl/N-ethyl adjacent to an activating group) is 1. The summed E-state index contributed by atoms with van der Waals surface area (Å²) in [4.78, 5) is 45.3. The lowest BCUT2D eigenvalue weighted by Crippen LogP contribution is -2.31. The number of amides is 1. The van der Waals surface area contributed by atoms with Gasteiger partial charge >= 0.3 is 5.97 Å². The predicted octanol–water partition coefficient (Wildman–Crippen LogP) is 3.88. The van der Waals surface area contributed by atoms with Crippen LogP contribution in [0.2, 0.25) is 0 Å². The van der Waals surface area contributed by atoms with Crippen molar-refractivity contribution in [3.8, 4) is 11.5 Å². The summed E-state index contributed by atoms with van der Waals surface area (Å²) in [7, 11) is 5.04. The van der Waals surface area contributed by atoms with Crippen molar-refractivity contribution in [3.63, 3.8) is 0 Å². The number of fused-ring (bicyclic) bond motifs is 1. The Kier molecular flexibility index (Phi) is 11.7. The molecule has 12 nitrogen and oxygen atoms in total. The maximum atomic E-state index is 13.8. The van der Waals surface area contributed by atoms with Crippen LogP contribution >= 0.6 is 0 Å². The van der Waals surface area contributed by atoms with E-state index in [0.29, 0.717) is 67.5 Å². The molecule has 1 aliphatic rings. The van der Waals surface area contributed by atoms with E-state index in [0.717, 1.165) is 11.3 Å². The number of ether oxygens (including phenoxy) is 3. The molecule has 240 valence electrons. The van der Waals surface area contributed by atoms with Gasteiger partial charge in [-0.3, -0.25) is 19.8 Å². The number of rotatable bonds is 16. The van der Waals surface area contributed by atoms with Crippen molar-refractivity contribution in [1.82, 2.24) is 15.2 Å². The second-order valence-electron chi connectivity index (χ2n) is 11.7. The lowest BCUT2D eigenvalue weighted by Gasteiger charge is -2.30. The number of aliphatic carboxylic acids is 1. The summed E-state index contributed by atoms with van der Waals surface area (Å²) >= 11 is 0. The zero-order chi connectivity index (χ0) is 32.6. The SMILES string of the molecule is CCOc1cc2c(nc1C(=O)NC)C(=N)N(CC(=O)c1cc(N(C)CCOC)c(OCCCCC(=O)O)c(C(C)(C)C)c1)C2. The first kappa shape index (κ1) is 34.3. The molecule has 2 heterocycles. The van der Waals surface area contributed by atoms with Crippen molar-refractivity contribution in [1.29, 1.82) is 5.41 Å². The molecule has 0 bridgehead atoms. The molecule has 12 heteroatoms. The summed E-state index contributed by atoms with van der Waals surface area (Å²) in [5, 5.41) is 20.3. The molecule has 1 aromatic carbocycles. The van der Waals surface area contributed by atoms with Crippen LogP contribution in [0.25, 0.3) is 0 Å². The van der Waals surface area contributed by atoms with E-state index in [1.54, 1.807) is 18.1 Å². The third-order valence-electron chi connectivity index (χ3n) is 7.32. The highest BCUT2D eigenvalue weighted by Gasteiger charge is 2.32. The summed E-state index contributed by atoms with van der Waals surface area (Å²) in [5.41, 5.74) is 2.83. The molecule has 3 rings (SSSR count). The highest BCUT2D eigenvalue weighted by molar-refractivity contribution is 6.06. The Labute approximate surface area is 259 Å². The third kappa shape index (κ3) is 8.25. The van der Waals surface area contributed by atoms with Crippen LogP contribution in [0.3, 0.4) is 0 Å². The van der Waals surface area contributed by atoms with Gasteiger partial charge in [0.15, 0.2) is 17.2 Å². The number of carboxylic acid groups (broad SMARTS) is 1. The number of carboxylic acids is 1. The lowest BCUT2D eigenvalue weighted by molar-refractivity contribution is -0.137. The molecule has 0 saturated carbocycles. The molecule has 1 aromatic heterocycles. The number of nitrogens with one attached hydrogen (secondary N) is 2. The van der Waals surface area contributed by atoms with E-state index in [1.165, 1.54) is 7.05 Å². The van der Waals surface area contributed by atoms with Gasteiger partial charge in [-0.05, 0) is 43.4 Å². The van der Waals surface area contributed by atoms with E-state index in [1.807, 2.05) is 51.8 Å². The molecule has 3 N–H and O–H groups in total. The molecule has 44 heavy (non-hydrogen) atoms. The van der Waals surface area contributed by atoms with Gasteiger partial charge in [0, 0.05) is 57.4 Å². The van der Waals surface area contributed by atoms with Gasteiger partial charge in [0.2, 0.25) is 0 Å². The molecule has 0 saturated heterocycles. The summed E-state index contributed by atoms with van der Waals surface area (Å²) in [6.45, 7) is 9.89. The van der Waals surface area contributed by atoms with Crippen LogP contribution in [0.4, 0.5) is 5.69 Å². The zero-order valence-electron chi connectivity index (χ0n) is 26.8. The van der Waals surface area contributed by atoms with Gasteiger partial charge in [-0.1, -0.05) is 20.8 Å². The topological polar surface area (TPSA) is 154 Å². The normalized spacial score (nSPS) is 12.6. The maximum absolute atomic E-state index is 13.8. The Bertz CT molecular complexity index is 1390. The number of carbonyl (C=O) groups excluding carboxylic acids is 2. The molecule has 0 spiro atoms. The van der Waals surface area contributed by atoms with E-state index in [4.69, 9.17) is 24.7 Å². The number of aromatic nitrogens is 1. The zero-order valence-corrected chi connectivity index (χ0v) is 26.8. The average Bonchev–Trinajstić information content (AvgIpc) is 3.27. The van der Waals surface area contributed by atoms with E-state index >= 15 is 0 Å². The minimum Gasteiger partial charge on any atom is -0.491 e. The van der Waals surface area contributed by atoms with Gasteiger partial charge in [-0.25, -0.2) is 4.98 Å². The van der Waals surface area contributed by atoms with Crippen LogP contribution in [0.1, 0.15) is 84.6 Å². The first-order chi connectivity index (χ1) is 20.8. The fraction of sp³-hybridized carbons (Fsp3) is 0.531. The van der Waals surface area contributed by atoms with Crippen molar-refractivity contribution >= 4 is 29.2 Å². The van der Waals surface area contributed by atoms with Crippen molar-refractivity contribution in [3.05, 3.63) is 46.3 Å². The number of methoxy groups -OCH3 is 1. The van der Waals surface area contributed by atoms with Crippen molar-refractivity contribution in [2.45, 2.75) is 58.9 Å². The number of hydrogen-bond donors (Lipinski definition) is 3. The van der Waals surface area contributed by atoms with E-state index in [2.05, 4.69) is 10.3 Å². The Morgan fingerprint density at radius 3 is 2.48 bits per heavy atom. The van der Waals surface area contributed by atoms with E-state index < -0.39 is 11.9 Å². The molecule has 0 atom stereocenters. The molecule has 0 fully saturated rings. The van der Waals surface area contributed by atoms with Crippen molar-refractivity contribution < 1.29 is 33.7 Å². The summed E-state index contributed by atoms with van der Waals surface area (Å²) < 4.78 is 17.2. The van der Waals surface area contributed by atoms with Gasteiger partial charge in [0.25, 0.3) is 5.91 Å². The molecule has 0 aliphatic carbocycles. The first-order valence-corrected chi connectivity index (χ1v) is 14.8. The van der Waals surface area contributed by atoms with E-state index in [-0.39, 0.29) is 42.2 Å². The number of ketones is 1. The lowest BCUT2D eigenvalue weighted by atomic mass is 9.84. The van der Waals surface area contributed by atoms with Gasteiger partial charge in [0.1, 0.15) is 17.3 Å². The monoisotopic (exact) mass is 611 g/mol. The third-order valence-corrected chi connectivity index (χ3v) is 7.32. The van der Waals surface area contributed by atoms with Gasteiger partial charge < -0.3 is 34.4 Å². The van der Waals surface area contributed by atoms with Crippen LogP contribution in [-0.4, -0.2) is 92.6 Å². The number of unbranched alkanes of at least 4 members (excludes halogenated alkanes) is 1. The number of carbonyl (C=O) groups is 3. The first-order valence-electron chi connectivity index (χ1n) is 14.8. The smallest absolute Gasteiger partial charge is 0.303 e. The van der Waals surface area contributed by atoms with Crippen LogP contribution < -0.4 is 19.7 Å². The standard InChI is InChI=1S/C32H45N5O7/c1-8-43-25-17-21-18-37(30(33)27(21)35-28(25)31(41)34-5)19-24(38)20-15-22(32(2,3)4)29(44-13-10-9-11-26(39)40)23(16-20)36(6)12-14-42-7/h15-17,33H,8-14,18-19H2,1-7H3,(H,34,41)(H,39,40).